The lowest BCUT2D eigenvalue weighted by molar-refractivity contribution is 0.0195. The Morgan fingerprint density at radius 3 is 1.95 bits per heavy atom. The lowest BCUT2D eigenvalue weighted by atomic mass is 10.0. The van der Waals surface area contributed by atoms with Gasteiger partial charge in [-0.3, -0.25) is 0 Å². The zero-order chi connectivity index (χ0) is 13.7. The molecule has 19 heavy (non-hydrogen) atoms. The molecule has 0 aliphatic rings. The van der Waals surface area contributed by atoms with Crippen molar-refractivity contribution in [3.63, 3.8) is 0 Å². The normalized spacial score (nSPS) is 12.6. The Morgan fingerprint density at radius 1 is 0.789 bits per heavy atom. The maximum Gasteiger partial charge on any atom is 0.0590 e. The highest BCUT2D eigenvalue weighted by Gasteiger charge is 2.06. The molecule has 0 fully saturated rings. The second-order valence-corrected chi connectivity index (χ2v) is 5.26. The highest BCUT2D eigenvalue weighted by Crippen LogP contribution is 2.20. The smallest absolute Gasteiger partial charge is 0.0590 e. The number of hydrogen-bond donors (Lipinski definition) is 0. The van der Waals surface area contributed by atoms with Crippen LogP contribution in [-0.4, -0.2) is 12.2 Å². The van der Waals surface area contributed by atoms with Crippen molar-refractivity contribution < 1.29 is 4.74 Å². The third-order valence-corrected chi connectivity index (χ3v) is 3.09. The predicted octanol–water partition coefficient (Wildman–Crippen LogP) is 4.71. The van der Waals surface area contributed by atoms with Gasteiger partial charge in [-0.1, -0.05) is 54.6 Å². The monoisotopic (exact) mass is 254 g/mol. The van der Waals surface area contributed by atoms with E-state index in [0.29, 0.717) is 6.10 Å². The minimum Gasteiger partial charge on any atom is -0.376 e. The summed E-state index contributed by atoms with van der Waals surface area (Å²) in [5.41, 5.74) is 3.86. The number of ether oxygens (including phenoxy) is 1. The van der Waals surface area contributed by atoms with E-state index >= 15 is 0 Å². The van der Waals surface area contributed by atoms with Gasteiger partial charge in [-0.05, 0) is 43.9 Å². The molecule has 0 heterocycles. The van der Waals surface area contributed by atoms with Gasteiger partial charge < -0.3 is 4.74 Å². The molecule has 0 bridgehead atoms. The average Bonchev–Trinajstić information content (AvgIpc) is 2.39. The van der Waals surface area contributed by atoms with Crippen molar-refractivity contribution in [1.29, 1.82) is 0 Å². The highest BCUT2D eigenvalue weighted by atomic mass is 16.5. The summed E-state index contributed by atoms with van der Waals surface area (Å²) >= 11 is 0. The molecule has 0 amide bonds. The van der Waals surface area contributed by atoms with Crippen molar-refractivity contribution in [3.8, 4) is 11.1 Å². The molecule has 0 spiro atoms. The van der Waals surface area contributed by atoms with Gasteiger partial charge in [0.05, 0.1) is 12.2 Å². The molecular weight excluding hydrogens is 232 g/mol. The molecule has 1 heteroatoms. The van der Waals surface area contributed by atoms with Crippen molar-refractivity contribution in [3.05, 3.63) is 60.2 Å². The van der Waals surface area contributed by atoms with Crippen molar-refractivity contribution in [1.82, 2.24) is 0 Å². The lowest BCUT2D eigenvalue weighted by Crippen LogP contribution is -2.16. The first-order valence-electron chi connectivity index (χ1n) is 6.95. The molecule has 1 nitrogen and oxygen atoms in total. The summed E-state index contributed by atoms with van der Waals surface area (Å²) in [6.45, 7) is 6.29. The molecule has 1 unspecified atom stereocenters. The van der Waals surface area contributed by atoms with Gasteiger partial charge >= 0.3 is 0 Å². The number of hydrogen-bond acceptors (Lipinski definition) is 1. The van der Waals surface area contributed by atoms with E-state index in [9.17, 15) is 0 Å². The summed E-state index contributed by atoms with van der Waals surface area (Å²) in [5, 5.41) is 0. The van der Waals surface area contributed by atoms with Gasteiger partial charge in [0, 0.05) is 0 Å². The van der Waals surface area contributed by atoms with E-state index in [1.807, 2.05) is 6.07 Å². The van der Waals surface area contributed by atoms with Crippen LogP contribution in [0.25, 0.3) is 11.1 Å². The summed E-state index contributed by atoms with van der Waals surface area (Å²) in [6, 6.07) is 19.2. The third-order valence-electron chi connectivity index (χ3n) is 3.09. The van der Waals surface area contributed by atoms with Crippen molar-refractivity contribution in [2.75, 3.05) is 0 Å². The molecule has 0 aromatic heterocycles. The molecule has 1 atom stereocenters. The standard InChI is InChI=1S/C18H22O/c1-14(2)19-15(3)13-16-9-11-18(12-10-16)17-7-5-4-6-8-17/h4-12,14-15H,13H2,1-3H3. The zero-order valence-electron chi connectivity index (χ0n) is 12.0. The van der Waals surface area contributed by atoms with Gasteiger partial charge in [0.1, 0.15) is 0 Å². The molecule has 2 aromatic rings. The second kappa shape index (κ2) is 6.53. The van der Waals surface area contributed by atoms with Crippen LogP contribution in [0.4, 0.5) is 0 Å². The maximum absolute atomic E-state index is 5.77. The molecule has 0 N–H and O–H groups in total. The van der Waals surface area contributed by atoms with Gasteiger partial charge in [0.15, 0.2) is 0 Å². The van der Waals surface area contributed by atoms with Gasteiger partial charge in [-0.25, -0.2) is 0 Å². The summed E-state index contributed by atoms with van der Waals surface area (Å²) < 4.78 is 5.77. The van der Waals surface area contributed by atoms with Crippen molar-refractivity contribution in [2.24, 2.45) is 0 Å². The van der Waals surface area contributed by atoms with Crippen molar-refractivity contribution >= 4 is 0 Å². The first-order valence-corrected chi connectivity index (χ1v) is 6.95. The minimum absolute atomic E-state index is 0.266. The van der Waals surface area contributed by atoms with E-state index in [2.05, 4.69) is 69.3 Å². The van der Waals surface area contributed by atoms with Crippen LogP contribution < -0.4 is 0 Å². The summed E-state index contributed by atoms with van der Waals surface area (Å²) in [5.74, 6) is 0. The molecule has 0 radical (unpaired) electrons. The Balaban J connectivity index is 2.03. The fourth-order valence-corrected chi connectivity index (χ4v) is 2.31. The van der Waals surface area contributed by atoms with Crippen LogP contribution in [0.1, 0.15) is 26.3 Å². The third kappa shape index (κ3) is 4.22. The largest absolute Gasteiger partial charge is 0.376 e. The zero-order valence-corrected chi connectivity index (χ0v) is 12.0. The SMILES string of the molecule is CC(C)OC(C)Cc1ccc(-c2ccccc2)cc1. The molecular formula is C18H22O. The highest BCUT2D eigenvalue weighted by molar-refractivity contribution is 5.63. The van der Waals surface area contributed by atoms with E-state index in [1.165, 1.54) is 16.7 Å². The van der Waals surface area contributed by atoms with Crippen LogP contribution in [0.5, 0.6) is 0 Å². The van der Waals surface area contributed by atoms with E-state index in [4.69, 9.17) is 4.74 Å². The molecule has 2 rings (SSSR count). The topological polar surface area (TPSA) is 9.23 Å². The second-order valence-electron chi connectivity index (χ2n) is 5.26. The fraction of sp³-hybridized carbons (Fsp3) is 0.333. The van der Waals surface area contributed by atoms with Crippen LogP contribution in [-0.2, 0) is 11.2 Å². The fourth-order valence-electron chi connectivity index (χ4n) is 2.31. The van der Waals surface area contributed by atoms with E-state index < -0.39 is 0 Å². The van der Waals surface area contributed by atoms with E-state index in [1.54, 1.807) is 0 Å². The molecule has 100 valence electrons. The van der Waals surface area contributed by atoms with Gasteiger partial charge in [0.2, 0.25) is 0 Å². The summed E-state index contributed by atoms with van der Waals surface area (Å²) in [7, 11) is 0. The Hall–Kier alpha value is -1.60. The summed E-state index contributed by atoms with van der Waals surface area (Å²) in [6.07, 6.45) is 1.52. The summed E-state index contributed by atoms with van der Waals surface area (Å²) in [4.78, 5) is 0. The first-order chi connectivity index (χ1) is 9.15. The van der Waals surface area contributed by atoms with Crippen LogP contribution >= 0.6 is 0 Å². The van der Waals surface area contributed by atoms with Gasteiger partial charge in [-0.15, -0.1) is 0 Å². The van der Waals surface area contributed by atoms with Crippen LogP contribution in [0.3, 0.4) is 0 Å². The maximum atomic E-state index is 5.77. The quantitative estimate of drug-likeness (QED) is 0.751. The van der Waals surface area contributed by atoms with Gasteiger partial charge in [0.25, 0.3) is 0 Å². The Kier molecular flexibility index (Phi) is 4.75. The Labute approximate surface area is 116 Å². The molecule has 2 aromatic carbocycles. The Morgan fingerprint density at radius 2 is 1.37 bits per heavy atom. The molecule has 0 aliphatic heterocycles. The average molecular weight is 254 g/mol. The van der Waals surface area contributed by atoms with E-state index in [-0.39, 0.29) is 6.10 Å². The molecule has 0 saturated heterocycles. The van der Waals surface area contributed by atoms with Crippen LogP contribution in [0, 0.1) is 0 Å². The number of benzene rings is 2. The predicted molar refractivity (Wildman–Crippen MR) is 81.3 cm³/mol. The number of rotatable bonds is 5. The lowest BCUT2D eigenvalue weighted by Gasteiger charge is -2.16. The van der Waals surface area contributed by atoms with Gasteiger partial charge in [-0.2, -0.15) is 0 Å². The van der Waals surface area contributed by atoms with Crippen LogP contribution in [0.2, 0.25) is 0 Å². The first kappa shape index (κ1) is 13.8. The minimum atomic E-state index is 0.266. The van der Waals surface area contributed by atoms with E-state index in [0.717, 1.165) is 6.42 Å². The molecule has 0 aliphatic carbocycles. The van der Waals surface area contributed by atoms with Crippen LogP contribution in [0.15, 0.2) is 54.6 Å². The van der Waals surface area contributed by atoms with Crippen molar-refractivity contribution in [2.45, 2.75) is 39.4 Å². The Bertz CT molecular complexity index is 485. The molecule has 0 saturated carbocycles.